The minimum Gasteiger partial charge on any atom is -0.324 e. The molecule has 2 rings (SSSR count). The average molecular weight is 346 g/mol. The molecule has 0 aliphatic carbocycles. The van der Waals surface area contributed by atoms with Crippen LogP contribution in [0.4, 0.5) is 0 Å². The van der Waals surface area contributed by atoms with E-state index in [-0.39, 0.29) is 6.04 Å². The minimum atomic E-state index is -0.0788. The third-order valence-electron chi connectivity index (χ3n) is 2.78. The van der Waals surface area contributed by atoms with Gasteiger partial charge in [0.25, 0.3) is 0 Å². The summed E-state index contributed by atoms with van der Waals surface area (Å²) in [5.74, 6) is 0. The number of thiazole rings is 1. The highest BCUT2D eigenvalue weighted by atomic mass is 79.9. The summed E-state index contributed by atoms with van der Waals surface area (Å²) < 4.78 is 0.951. The fourth-order valence-corrected chi connectivity index (χ4v) is 3.60. The number of benzene rings is 1. The number of nitrogens with zero attached hydrogens (tertiary/aromatic N) is 1. The number of nitrogens with two attached hydrogens (primary N) is 1. The SMILES string of the molecule is Cc1nc(CC(N)c2cc(Cl)cc(Br)c2)sc1C. The van der Waals surface area contributed by atoms with E-state index in [0.29, 0.717) is 5.02 Å². The van der Waals surface area contributed by atoms with Crippen LogP contribution in [-0.4, -0.2) is 4.98 Å². The van der Waals surface area contributed by atoms with Gasteiger partial charge in [-0.2, -0.15) is 0 Å². The number of hydrogen-bond acceptors (Lipinski definition) is 3. The molecule has 0 saturated heterocycles. The molecule has 2 N–H and O–H groups in total. The number of hydrogen-bond donors (Lipinski definition) is 1. The topological polar surface area (TPSA) is 38.9 Å². The lowest BCUT2D eigenvalue weighted by molar-refractivity contribution is 0.716. The molecule has 1 aromatic heterocycles. The standard InChI is InChI=1S/C13H14BrClN2S/c1-7-8(2)18-13(17-7)6-12(16)9-3-10(14)5-11(15)4-9/h3-5,12H,6,16H2,1-2H3. The molecule has 0 saturated carbocycles. The largest absolute Gasteiger partial charge is 0.324 e. The van der Waals surface area contributed by atoms with Crippen molar-refractivity contribution in [3.05, 3.63) is 48.8 Å². The van der Waals surface area contributed by atoms with E-state index in [9.17, 15) is 0 Å². The molecule has 2 aromatic rings. The van der Waals surface area contributed by atoms with Crippen molar-refractivity contribution in [2.45, 2.75) is 26.3 Å². The maximum atomic E-state index is 6.21. The maximum absolute atomic E-state index is 6.21. The molecule has 0 aliphatic heterocycles. The fraction of sp³-hybridized carbons (Fsp3) is 0.308. The molecule has 0 fully saturated rings. The van der Waals surface area contributed by atoms with Crippen LogP contribution in [0.5, 0.6) is 0 Å². The first-order valence-electron chi connectivity index (χ1n) is 5.60. The average Bonchev–Trinajstić information content (AvgIpc) is 2.56. The Labute approximate surface area is 124 Å². The summed E-state index contributed by atoms with van der Waals surface area (Å²) in [6.45, 7) is 4.11. The van der Waals surface area contributed by atoms with E-state index in [4.69, 9.17) is 17.3 Å². The summed E-state index contributed by atoms with van der Waals surface area (Å²) >= 11 is 11.2. The first-order chi connectivity index (χ1) is 8.45. The van der Waals surface area contributed by atoms with Gasteiger partial charge in [0.2, 0.25) is 0 Å². The monoisotopic (exact) mass is 344 g/mol. The van der Waals surface area contributed by atoms with Crippen LogP contribution in [0.1, 0.15) is 27.2 Å². The van der Waals surface area contributed by atoms with Crippen molar-refractivity contribution in [1.82, 2.24) is 4.98 Å². The quantitative estimate of drug-likeness (QED) is 0.894. The summed E-state index contributed by atoms with van der Waals surface area (Å²) in [6, 6.07) is 5.69. The molecule has 2 nitrogen and oxygen atoms in total. The van der Waals surface area contributed by atoms with Crippen LogP contribution in [0.2, 0.25) is 5.02 Å². The highest BCUT2D eigenvalue weighted by Gasteiger charge is 2.12. The second-order valence-electron chi connectivity index (χ2n) is 4.26. The minimum absolute atomic E-state index is 0.0788. The van der Waals surface area contributed by atoms with Crippen molar-refractivity contribution < 1.29 is 0 Å². The lowest BCUT2D eigenvalue weighted by atomic mass is 10.1. The van der Waals surface area contributed by atoms with Gasteiger partial charge in [0.15, 0.2) is 0 Å². The molecule has 96 valence electrons. The van der Waals surface area contributed by atoms with Crippen molar-refractivity contribution in [1.29, 1.82) is 0 Å². The van der Waals surface area contributed by atoms with Gasteiger partial charge in [-0.15, -0.1) is 11.3 Å². The predicted molar refractivity (Wildman–Crippen MR) is 81.4 cm³/mol. The van der Waals surface area contributed by atoms with Gasteiger partial charge in [-0.1, -0.05) is 27.5 Å². The van der Waals surface area contributed by atoms with Gasteiger partial charge in [-0.3, -0.25) is 0 Å². The molecule has 1 aromatic carbocycles. The number of rotatable bonds is 3. The third kappa shape index (κ3) is 3.32. The van der Waals surface area contributed by atoms with Crippen LogP contribution in [-0.2, 0) is 6.42 Å². The predicted octanol–water partition coefficient (Wildman–Crippen LogP) is 4.42. The Morgan fingerprint density at radius 1 is 1.39 bits per heavy atom. The Balaban J connectivity index is 2.18. The van der Waals surface area contributed by atoms with E-state index >= 15 is 0 Å². The summed E-state index contributed by atoms with van der Waals surface area (Å²) in [5, 5.41) is 1.77. The molecular weight excluding hydrogens is 332 g/mol. The Hall–Kier alpha value is -0.420. The van der Waals surface area contributed by atoms with Crippen LogP contribution in [0.15, 0.2) is 22.7 Å². The van der Waals surface area contributed by atoms with Crippen molar-refractivity contribution in [2.75, 3.05) is 0 Å². The zero-order chi connectivity index (χ0) is 13.3. The molecule has 18 heavy (non-hydrogen) atoms. The van der Waals surface area contributed by atoms with Gasteiger partial charge in [-0.25, -0.2) is 4.98 Å². The second-order valence-corrected chi connectivity index (χ2v) is 6.90. The maximum Gasteiger partial charge on any atom is 0.0949 e. The number of aromatic nitrogens is 1. The van der Waals surface area contributed by atoms with Crippen LogP contribution in [0, 0.1) is 13.8 Å². The fourth-order valence-electron chi connectivity index (χ4n) is 1.72. The third-order valence-corrected chi connectivity index (χ3v) is 4.55. The summed E-state index contributed by atoms with van der Waals surface area (Å²) in [4.78, 5) is 5.77. The Morgan fingerprint density at radius 3 is 2.67 bits per heavy atom. The highest BCUT2D eigenvalue weighted by Crippen LogP contribution is 2.26. The van der Waals surface area contributed by atoms with Crippen LogP contribution in [0.25, 0.3) is 0 Å². The van der Waals surface area contributed by atoms with E-state index in [1.807, 2.05) is 25.1 Å². The van der Waals surface area contributed by atoms with Gasteiger partial charge in [0, 0.05) is 26.8 Å². The molecule has 0 radical (unpaired) electrons. The molecule has 5 heteroatoms. The molecule has 1 atom stereocenters. The Morgan fingerprint density at radius 2 is 2.11 bits per heavy atom. The van der Waals surface area contributed by atoms with Gasteiger partial charge in [-0.05, 0) is 37.6 Å². The zero-order valence-electron chi connectivity index (χ0n) is 10.2. The van der Waals surface area contributed by atoms with Crippen LogP contribution in [0.3, 0.4) is 0 Å². The number of halogens is 2. The molecule has 0 spiro atoms. The van der Waals surface area contributed by atoms with Crippen molar-refractivity contribution in [2.24, 2.45) is 5.73 Å². The van der Waals surface area contributed by atoms with Gasteiger partial charge in [0.1, 0.15) is 0 Å². The van der Waals surface area contributed by atoms with Crippen molar-refractivity contribution in [3.8, 4) is 0 Å². The van der Waals surface area contributed by atoms with Crippen LogP contribution >= 0.6 is 38.9 Å². The van der Waals surface area contributed by atoms with Crippen LogP contribution < -0.4 is 5.73 Å². The molecule has 1 heterocycles. The normalized spacial score (nSPS) is 12.7. The van der Waals surface area contributed by atoms with E-state index in [2.05, 4.69) is 27.8 Å². The molecule has 0 amide bonds. The summed E-state index contributed by atoms with van der Waals surface area (Å²) in [7, 11) is 0. The van der Waals surface area contributed by atoms with E-state index in [0.717, 1.165) is 27.2 Å². The van der Waals surface area contributed by atoms with E-state index in [1.165, 1.54) is 4.88 Å². The van der Waals surface area contributed by atoms with E-state index < -0.39 is 0 Å². The lowest BCUT2D eigenvalue weighted by Crippen LogP contribution is -2.13. The Bertz CT molecular complexity index is 528. The first kappa shape index (κ1) is 14.0. The first-order valence-corrected chi connectivity index (χ1v) is 7.59. The molecule has 0 bridgehead atoms. The molecule has 0 aliphatic rings. The summed E-state index contributed by atoms with van der Waals surface area (Å²) in [6.07, 6.45) is 0.742. The zero-order valence-corrected chi connectivity index (χ0v) is 13.4. The lowest BCUT2D eigenvalue weighted by Gasteiger charge is -2.11. The smallest absolute Gasteiger partial charge is 0.0949 e. The van der Waals surface area contributed by atoms with Crippen molar-refractivity contribution in [3.63, 3.8) is 0 Å². The highest BCUT2D eigenvalue weighted by molar-refractivity contribution is 9.10. The van der Waals surface area contributed by atoms with Gasteiger partial charge >= 0.3 is 0 Å². The van der Waals surface area contributed by atoms with Crippen molar-refractivity contribution >= 4 is 38.9 Å². The molecular formula is C13H14BrClN2S. The molecule has 1 unspecified atom stereocenters. The Kier molecular flexibility index (Phi) is 4.43. The van der Waals surface area contributed by atoms with Gasteiger partial charge < -0.3 is 5.73 Å². The van der Waals surface area contributed by atoms with E-state index in [1.54, 1.807) is 11.3 Å². The van der Waals surface area contributed by atoms with Gasteiger partial charge in [0.05, 0.1) is 10.7 Å². The second kappa shape index (κ2) is 5.70. The summed E-state index contributed by atoms with van der Waals surface area (Å²) in [5.41, 5.74) is 8.33. The number of aryl methyl sites for hydroxylation is 2.